The lowest BCUT2D eigenvalue weighted by molar-refractivity contribution is 0.265. The highest BCUT2D eigenvalue weighted by atomic mass is 32.2. The van der Waals surface area contributed by atoms with Gasteiger partial charge in [0.25, 0.3) is 0 Å². The maximum atomic E-state index is 13.5. The lowest BCUT2D eigenvalue weighted by Gasteiger charge is -2.38. The zero-order valence-corrected chi connectivity index (χ0v) is 28.8. The normalized spacial score (nSPS) is 22.8. The molecule has 0 bridgehead atoms. The molecular weight excluding hydrogens is 644 g/mol. The van der Waals surface area contributed by atoms with Crippen molar-refractivity contribution in [3.05, 3.63) is 29.5 Å². The number of hydrogen-bond acceptors (Lipinski definition) is 9. The first-order chi connectivity index (χ1) is 21.0. The molecule has 10 nitrogen and oxygen atoms in total. The summed E-state index contributed by atoms with van der Waals surface area (Å²) in [6, 6.07) is 4.43. The van der Waals surface area contributed by atoms with Crippen LogP contribution < -0.4 is 15.4 Å². The van der Waals surface area contributed by atoms with Crippen LogP contribution in [0.5, 0.6) is 0 Å². The van der Waals surface area contributed by atoms with Crippen LogP contribution >= 0.6 is 23.6 Å². The number of anilines is 1. The van der Waals surface area contributed by atoms with Crippen LogP contribution in [0.2, 0.25) is 0 Å². The summed E-state index contributed by atoms with van der Waals surface area (Å²) in [5.74, 6) is 0.329. The Balaban J connectivity index is 1.26. The van der Waals surface area contributed by atoms with Crippen LogP contribution in [0.1, 0.15) is 78.1 Å². The predicted octanol–water partition coefficient (Wildman–Crippen LogP) is 5.12. The molecule has 0 saturated heterocycles. The number of thiocarbonyl (C=S) groups is 1. The van der Waals surface area contributed by atoms with Gasteiger partial charge in [0, 0.05) is 30.6 Å². The number of nitrogens with zero attached hydrogens (tertiary/aromatic N) is 3. The smallest absolute Gasteiger partial charge is 0.237 e. The summed E-state index contributed by atoms with van der Waals surface area (Å²) in [7, 11) is -6.79. The predicted molar refractivity (Wildman–Crippen MR) is 179 cm³/mol. The Bertz CT molecular complexity index is 1440. The molecule has 2 heterocycles. The maximum absolute atomic E-state index is 13.5. The molecule has 246 valence electrons. The van der Waals surface area contributed by atoms with Gasteiger partial charge in [-0.2, -0.15) is 4.39 Å². The Labute approximate surface area is 271 Å². The van der Waals surface area contributed by atoms with Crippen molar-refractivity contribution in [3.63, 3.8) is 0 Å². The van der Waals surface area contributed by atoms with Gasteiger partial charge in [-0.05, 0) is 100 Å². The van der Waals surface area contributed by atoms with Crippen molar-refractivity contribution in [2.45, 2.75) is 90.1 Å². The van der Waals surface area contributed by atoms with Crippen LogP contribution in [0.25, 0.3) is 11.4 Å². The maximum Gasteiger partial charge on any atom is 0.237 e. The summed E-state index contributed by atoms with van der Waals surface area (Å²) in [6.07, 6.45) is 7.51. The Morgan fingerprint density at radius 3 is 2.25 bits per heavy atom. The molecule has 2 fully saturated rings. The third-order valence-corrected chi connectivity index (χ3v) is 13.2. The number of hydrogen-bond donors (Lipinski definition) is 3. The van der Waals surface area contributed by atoms with E-state index in [4.69, 9.17) is 12.2 Å². The van der Waals surface area contributed by atoms with E-state index >= 15 is 0 Å². The van der Waals surface area contributed by atoms with Crippen LogP contribution in [0, 0.1) is 17.8 Å². The van der Waals surface area contributed by atoms with E-state index in [1.165, 1.54) is 21.7 Å². The molecule has 0 aromatic carbocycles. The third-order valence-electron chi connectivity index (χ3n) is 8.34. The molecule has 4 rings (SSSR count). The highest BCUT2D eigenvalue weighted by Crippen LogP contribution is 2.31. The molecule has 3 N–H and O–H groups in total. The molecule has 0 atom stereocenters. The van der Waals surface area contributed by atoms with Crippen molar-refractivity contribution >= 4 is 53.8 Å². The number of halogens is 1. The van der Waals surface area contributed by atoms with Gasteiger partial charge in [-0.25, -0.2) is 35.8 Å². The minimum atomic E-state index is -3.56. The number of sulfonamides is 2. The van der Waals surface area contributed by atoms with Gasteiger partial charge in [0.05, 0.1) is 17.2 Å². The topological polar surface area (TPSA) is 133 Å². The standard InChI is InChI=1S/C29H45FN6O4S4/c1-3-16-43(37,38)35-23-12-8-21(9-13-23)19-32-29(41)36(44(39,40)17-4-2)24-14-10-22(11-15-24)18-31-28-34-26(20-42-28)25-6-5-7-27(30)33-25/h5-7,20-24,35H,3-4,8-19H2,1-2H3,(H,31,34)(H,32,41). The first kappa shape index (κ1) is 34.9. The molecule has 2 aromatic rings. The molecule has 0 amide bonds. The van der Waals surface area contributed by atoms with Crippen LogP contribution in [0.3, 0.4) is 0 Å². The molecule has 2 aromatic heterocycles. The lowest BCUT2D eigenvalue weighted by Crippen LogP contribution is -2.52. The molecular formula is C29H45FN6O4S4. The lowest BCUT2D eigenvalue weighted by atomic mass is 9.86. The summed E-state index contributed by atoms with van der Waals surface area (Å²) >= 11 is 7.15. The monoisotopic (exact) mass is 688 g/mol. The van der Waals surface area contributed by atoms with E-state index in [0.29, 0.717) is 42.6 Å². The molecule has 15 heteroatoms. The van der Waals surface area contributed by atoms with Crippen LogP contribution in [0.4, 0.5) is 9.52 Å². The van der Waals surface area contributed by atoms with Crippen molar-refractivity contribution in [1.82, 2.24) is 24.3 Å². The van der Waals surface area contributed by atoms with Gasteiger partial charge >= 0.3 is 0 Å². The third kappa shape index (κ3) is 10.0. The first-order valence-electron chi connectivity index (χ1n) is 15.6. The minimum Gasteiger partial charge on any atom is -0.361 e. The van der Waals surface area contributed by atoms with E-state index in [0.717, 1.165) is 63.0 Å². The minimum absolute atomic E-state index is 0.0380. The van der Waals surface area contributed by atoms with Crippen molar-refractivity contribution in [3.8, 4) is 11.4 Å². The average Bonchev–Trinajstić information content (AvgIpc) is 3.45. The molecule has 2 saturated carbocycles. The van der Waals surface area contributed by atoms with E-state index in [9.17, 15) is 21.2 Å². The van der Waals surface area contributed by atoms with Crippen LogP contribution in [0.15, 0.2) is 23.6 Å². The summed E-state index contributed by atoms with van der Waals surface area (Å²) in [5, 5.41) is 9.53. The second-order valence-corrected chi connectivity index (χ2v) is 17.0. The number of thiazole rings is 1. The fourth-order valence-electron chi connectivity index (χ4n) is 6.09. The zero-order valence-electron chi connectivity index (χ0n) is 25.5. The van der Waals surface area contributed by atoms with Gasteiger partial charge in [0.2, 0.25) is 26.0 Å². The van der Waals surface area contributed by atoms with Gasteiger partial charge in [0.1, 0.15) is 5.69 Å². The number of rotatable bonds is 14. The fourth-order valence-corrected chi connectivity index (χ4v) is 10.5. The summed E-state index contributed by atoms with van der Waals surface area (Å²) in [6.45, 7) is 5.01. The summed E-state index contributed by atoms with van der Waals surface area (Å²) < 4.78 is 68.8. The molecule has 0 spiro atoms. The SMILES string of the molecule is CCCS(=O)(=O)NC1CCC(CNC(=S)N(C2CCC(CNc3nc(-c4cccc(F)n4)cs3)CC2)S(=O)(=O)CCC)CC1. The fraction of sp³-hybridized carbons (Fsp3) is 0.690. The highest BCUT2D eigenvalue weighted by Gasteiger charge is 2.35. The summed E-state index contributed by atoms with van der Waals surface area (Å²) in [5.41, 5.74) is 1.12. The van der Waals surface area contributed by atoms with Crippen molar-refractivity contribution in [2.24, 2.45) is 11.8 Å². The number of aromatic nitrogens is 2. The van der Waals surface area contributed by atoms with Crippen molar-refractivity contribution < 1.29 is 21.2 Å². The quantitative estimate of drug-likeness (QED) is 0.183. The summed E-state index contributed by atoms with van der Waals surface area (Å²) in [4.78, 5) is 8.44. The van der Waals surface area contributed by atoms with E-state index in [2.05, 4.69) is 25.3 Å². The molecule has 0 radical (unpaired) electrons. The second-order valence-electron chi connectivity index (χ2n) is 11.9. The van der Waals surface area contributed by atoms with Gasteiger partial charge in [-0.1, -0.05) is 19.9 Å². The van der Waals surface area contributed by atoms with Gasteiger partial charge in [0.15, 0.2) is 10.2 Å². The van der Waals surface area contributed by atoms with E-state index in [-0.39, 0.29) is 28.7 Å². The van der Waals surface area contributed by atoms with Crippen LogP contribution in [-0.4, -0.2) is 72.9 Å². The Morgan fingerprint density at radius 1 is 0.932 bits per heavy atom. The average molecular weight is 689 g/mol. The van der Waals surface area contributed by atoms with Crippen molar-refractivity contribution in [2.75, 3.05) is 29.9 Å². The Morgan fingerprint density at radius 2 is 1.59 bits per heavy atom. The molecule has 2 aliphatic carbocycles. The van der Waals surface area contributed by atoms with E-state index in [1.54, 1.807) is 12.1 Å². The van der Waals surface area contributed by atoms with E-state index in [1.807, 2.05) is 19.2 Å². The zero-order chi connectivity index (χ0) is 31.7. The molecule has 44 heavy (non-hydrogen) atoms. The number of pyridine rings is 1. The van der Waals surface area contributed by atoms with Gasteiger partial charge in [-0.3, -0.25) is 0 Å². The van der Waals surface area contributed by atoms with E-state index < -0.39 is 26.0 Å². The van der Waals surface area contributed by atoms with Gasteiger partial charge in [-0.15, -0.1) is 11.3 Å². The Hall–Kier alpha value is -1.94. The number of nitrogens with one attached hydrogen (secondary N) is 3. The largest absolute Gasteiger partial charge is 0.361 e. The molecule has 2 aliphatic rings. The van der Waals surface area contributed by atoms with Gasteiger partial charge < -0.3 is 10.6 Å². The molecule has 0 unspecified atom stereocenters. The second kappa shape index (κ2) is 16.1. The Kier molecular flexibility index (Phi) is 12.7. The highest BCUT2D eigenvalue weighted by molar-refractivity contribution is 7.91. The van der Waals surface area contributed by atoms with Crippen molar-refractivity contribution in [1.29, 1.82) is 0 Å². The van der Waals surface area contributed by atoms with Crippen LogP contribution in [-0.2, 0) is 20.0 Å². The first-order valence-corrected chi connectivity index (χ1v) is 20.2. The molecule has 0 aliphatic heterocycles.